The molecule has 0 aliphatic carbocycles. The summed E-state index contributed by atoms with van der Waals surface area (Å²) in [6.45, 7) is 3.02. The smallest absolute Gasteiger partial charge is 0.222 e. The molecule has 3 rings (SSSR count). The lowest BCUT2D eigenvalue weighted by Crippen LogP contribution is -2.45. The summed E-state index contributed by atoms with van der Waals surface area (Å²) < 4.78 is 0. The quantitative estimate of drug-likeness (QED) is 0.657. The van der Waals surface area contributed by atoms with Crippen LogP contribution in [0.2, 0.25) is 0 Å². The first-order valence-electron chi connectivity index (χ1n) is 8.34. The molecule has 24 heavy (non-hydrogen) atoms. The predicted molar refractivity (Wildman–Crippen MR) is 98.5 cm³/mol. The molecule has 0 fully saturated rings. The van der Waals surface area contributed by atoms with Gasteiger partial charge in [0.1, 0.15) is 0 Å². The third-order valence-electron chi connectivity index (χ3n) is 3.91. The summed E-state index contributed by atoms with van der Waals surface area (Å²) in [7, 11) is 0. The Kier molecular flexibility index (Phi) is 5.23. The van der Waals surface area contributed by atoms with Gasteiger partial charge in [0.15, 0.2) is 12.0 Å². The molecule has 5 nitrogen and oxygen atoms in total. The van der Waals surface area contributed by atoms with Gasteiger partial charge in [0, 0.05) is 12.1 Å². The summed E-state index contributed by atoms with van der Waals surface area (Å²) in [5.41, 5.74) is 2.02. The Bertz CT molecular complexity index is 709. The number of nitrogens with zero attached hydrogens (tertiary/aromatic N) is 3. The lowest BCUT2D eigenvalue weighted by Gasteiger charge is -2.31. The molecule has 2 aromatic carbocycles. The van der Waals surface area contributed by atoms with Crippen molar-refractivity contribution in [1.29, 1.82) is 0 Å². The number of hydrogen-bond acceptors (Lipinski definition) is 5. The van der Waals surface area contributed by atoms with E-state index in [2.05, 4.69) is 17.2 Å². The van der Waals surface area contributed by atoms with Gasteiger partial charge in [0.05, 0.1) is 0 Å². The third-order valence-corrected chi connectivity index (χ3v) is 3.91. The highest BCUT2D eigenvalue weighted by atomic mass is 15.5. The van der Waals surface area contributed by atoms with Crippen molar-refractivity contribution in [2.45, 2.75) is 25.9 Å². The summed E-state index contributed by atoms with van der Waals surface area (Å²) in [5, 5.41) is 4.96. The second kappa shape index (κ2) is 7.75. The monoisotopic (exact) mass is 321 g/mol. The van der Waals surface area contributed by atoms with E-state index in [-0.39, 0.29) is 6.17 Å². The van der Waals surface area contributed by atoms with Gasteiger partial charge in [-0.15, -0.1) is 0 Å². The Labute approximate surface area is 142 Å². The number of unbranched alkanes of at least 4 members (excludes halogenated alkanes) is 1. The van der Waals surface area contributed by atoms with Gasteiger partial charge >= 0.3 is 0 Å². The van der Waals surface area contributed by atoms with Crippen LogP contribution in [0.1, 0.15) is 37.1 Å². The maximum Gasteiger partial charge on any atom is 0.222 e. The van der Waals surface area contributed by atoms with E-state index < -0.39 is 0 Å². The fourth-order valence-corrected chi connectivity index (χ4v) is 2.60. The minimum Gasteiger partial charge on any atom is -0.354 e. The van der Waals surface area contributed by atoms with Gasteiger partial charge in [-0.2, -0.15) is 4.99 Å². The highest BCUT2D eigenvalue weighted by molar-refractivity contribution is 6.06. The van der Waals surface area contributed by atoms with Crippen LogP contribution in [0.4, 0.5) is 0 Å². The predicted octanol–water partition coefficient (Wildman–Crippen LogP) is 3.07. The molecule has 124 valence electrons. The van der Waals surface area contributed by atoms with Gasteiger partial charge in [-0.05, 0) is 12.0 Å². The van der Waals surface area contributed by atoms with E-state index in [0.29, 0.717) is 5.96 Å². The number of aliphatic imine (C=N–C) groups is 2. The highest BCUT2D eigenvalue weighted by Gasteiger charge is 2.26. The van der Waals surface area contributed by atoms with E-state index in [4.69, 9.17) is 10.8 Å². The van der Waals surface area contributed by atoms with Gasteiger partial charge in [0.25, 0.3) is 0 Å². The van der Waals surface area contributed by atoms with E-state index in [0.717, 1.165) is 36.3 Å². The average molecular weight is 321 g/mol. The number of nitrogens with two attached hydrogens (primary N) is 1. The average Bonchev–Trinajstić information content (AvgIpc) is 2.64. The topological polar surface area (TPSA) is 66.0 Å². The van der Waals surface area contributed by atoms with Crippen LogP contribution < -0.4 is 11.2 Å². The normalized spacial score (nSPS) is 17.2. The van der Waals surface area contributed by atoms with Crippen molar-refractivity contribution in [2.75, 3.05) is 6.54 Å². The molecule has 0 saturated carbocycles. The maximum atomic E-state index is 6.37. The van der Waals surface area contributed by atoms with Crippen LogP contribution in [0.25, 0.3) is 0 Å². The van der Waals surface area contributed by atoms with Gasteiger partial charge in [-0.1, -0.05) is 74.0 Å². The number of guanidine groups is 1. The molecular formula is C19H23N5. The molecule has 0 saturated heterocycles. The second-order valence-corrected chi connectivity index (χ2v) is 5.73. The largest absolute Gasteiger partial charge is 0.354 e. The maximum absolute atomic E-state index is 6.37. The fraction of sp³-hybridized carbons (Fsp3) is 0.263. The summed E-state index contributed by atoms with van der Waals surface area (Å²) in [4.78, 5) is 9.34. The molecule has 3 N–H and O–H groups in total. The number of nitrogens with one attached hydrogen (secondary N) is 1. The van der Waals surface area contributed by atoms with Gasteiger partial charge in [0.2, 0.25) is 5.96 Å². The summed E-state index contributed by atoms with van der Waals surface area (Å²) >= 11 is 0. The van der Waals surface area contributed by atoms with Crippen molar-refractivity contribution >= 4 is 11.8 Å². The SMILES string of the molecule is CCCCNC1=NC(c2ccccc2)N(N)C(c2ccccc2)=N1. The van der Waals surface area contributed by atoms with Crippen molar-refractivity contribution in [3.05, 3.63) is 71.8 Å². The molecule has 0 amide bonds. The van der Waals surface area contributed by atoms with Gasteiger partial charge in [-0.3, -0.25) is 5.01 Å². The standard InChI is InChI=1S/C19H23N5/c1-2-3-14-21-19-22-17(15-10-6-4-7-11-15)24(20)18(23-19)16-12-8-5-9-13-16/h4-13,17H,2-3,14,20H2,1H3,(H,21,22). The van der Waals surface area contributed by atoms with Crippen molar-refractivity contribution in [3.8, 4) is 0 Å². The van der Waals surface area contributed by atoms with Crippen LogP contribution in [0.15, 0.2) is 70.6 Å². The fourth-order valence-electron chi connectivity index (χ4n) is 2.60. The molecule has 5 heteroatoms. The second-order valence-electron chi connectivity index (χ2n) is 5.73. The number of hydrazine groups is 1. The van der Waals surface area contributed by atoms with Crippen molar-refractivity contribution in [2.24, 2.45) is 15.8 Å². The zero-order valence-electron chi connectivity index (χ0n) is 13.9. The van der Waals surface area contributed by atoms with E-state index >= 15 is 0 Å². The van der Waals surface area contributed by atoms with Crippen LogP contribution in [-0.2, 0) is 0 Å². The van der Waals surface area contributed by atoms with E-state index in [1.165, 1.54) is 0 Å². The number of rotatable bonds is 5. The Morgan fingerprint density at radius 1 is 1.04 bits per heavy atom. The zero-order valence-corrected chi connectivity index (χ0v) is 13.9. The van der Waals surface area contributed by atoms with Crippen molar-refractivity contribution in [1.82, 2.24) is 10.3 Å². The van der Waals surface area contributed by atoms with Crippen LogP contribution in [-0.4, -0.2) is 23.3 Å². The first-order chi connectivity index (χ1) is 11.8. The zero-order chi connectivity index (χ0) is 16.8. The van der Waals surface area contributed by atoms with E-state index in [1.807, 2.05) is 60.7 Å². The molecule has 0 aromatic heterocycles. The molecule has 0 radical (unpaired) electrons. The lowest BCUT2D eigenvalue weighted by atomic mass is 10.1. The van der Waals surface area contributed by atoms with Crippen LogP contribution >= 0.6 is 0 Å². The Morgan fingerprint density at radius 2 is 1.71 bits per heavy atom. The van der Waals surface area contributed by atoms with Crippen molar-refractivity contribution in [3.63, 3.8) is 0 Å². The molecule has 1 atom stereocenters. The Balaban J connectivity index is 1.94. The molecule has 2 aromatic rings. The molecule has 0 spiro atoms. The number of hydrogen-bond donors (Lipinski definition) is 2. The first-order valence-corrected chi connectivity index (χ1v) is 8.34. The Hall–Kier alpha value is -2.66. The molecule has 1 unspecified atom stereocenters. The summed E-state index contributed by atoms with van der Waals surface area (Å²) in [6, 6.07) is 20.0. The lowest BCUT2D eigenvalue weighted by molar-refractivity contribution is 0.331. The minimum atomic E-state index is -0.289. The van der Waals surface area contributed by atoms with Gasteiger partial charge < -0.3 is 5.32 Å². The van der Waals surface area contributed by atoms with E-state index in [1.54, 1.807) is 5.01 Å². The highest BCUT2D eigenvalue weighted by Crippen LogP contribution is 2.24. The van der Waals surface area contributed by atoms with Gasteiger partial charge in [-0.25, -0.2) is 10.8 Å². The summed E-state index contributed by atoms with van der Waals surface area (Å²) in [6.07, 6.45) is 1.92. The number of amidine groups is 1. The minimum absolute atomic E-state index is 0.289. The first kappa shape index (κ1) is 16.2. The van der Waals surface area contributed by atoms with Crippen LogP contribution in [0.5, 0.6) is 0 Å². The molecular weight excluding hydrogens is 298 g/mol. The summed E-state index contributed by atoms with van der Waals surface area (Å²) in [5.74, 6) is 7.73. The molecule has 1 heterocycles. The molecule has 1 aliphatic heterocycles. The van der Waals surface area contributed by atoms with Crippen LogP contribution in [0.3, 0.4) is 0 Å². The van der Waals surface area contributed by atoms with Crippen molar-refractivity contribution < 1.29 is 0 Å². The van der Waals surface area contributed by atoms with Crippen LogP contribution in [0, 0.1) is 0 Å². The Morgan fingerprint density at radius 3 is 2.38 bits per heavy atom. The number of benzene rings is 2. The van der Waals surface area contributed by atoms with E-state index in [9.17, 15) is 0 Å². The molecule has 0 bridgehead atoms. The third kappa shape index (κ3) is 3.63. The molecule has 1 aliphatic rings.